The van der Waals surface area contributed by atoms with E-state index in [1.54, 1.807) is 0 Å². The molecule has 0 radical (unpaired) electrons. The molecule has 0 atom stereocenters. The molecule has 90 valence electrons. The minimum absolute atomic E-state index is 0. The maximum Gasteiger partial charge on any atom is 0.135 e. The minimum atomic E-state index is 0. The SMILES string of the molecule is Cl.O.OSc1ccc2oc3ccccc3c2c1. The first-order valence-corrected chi connectivity index (χ1v) is 5.38. The largest absolute Gasteiger partial charge is 0.456 e. The molecule has 0 aliphatic carbocycles. The van der Waals surface area contributed by atoms with Crippen LogP contribution in [0.1, 0.15) is 0 Å². The van der Waals surface area contributed by atoms with Gasteiger partial charge >= 0.3 is 0 Å². The van der Waals surface area contributed by atoms with Crippen LogP contribution >= 0.6 is 24.4 Å². The molecule has 3 nitrogen and oxygen atoms in total. The van der Waals surface area contributed by atoms with E-state index in [0.717, 1.165) is 38.9 Å². The Kier molecular flexibility index (Phi) is 4.42. The predicted molar refractivity (Wildman–Crippen MR) is 73.1 cm³/mol. The van der Waals surface area contributed by atoms with Gasteiger partial charge in [0.2, 0.25) is 0 Å². The molecular formula is C12H11ClO3S. The van der Waals surface area contributed by atoms with Crippen LogP contribution < -0.4 is 0 Å². The Morgan fingerprint density at radius 2 is 1.65 bits per heavy atom. The molecule has 3 N–H and O–H groups in total. The Morgan fingerprint density at radius 3 is 2.41 bits per heavy atom. The van der Waals surface area contributed by atoms with E-state index in [1.807, 2.05) is 42.5 Å². The van der Waals surface area contributed by atoms with Crippen molar-refractivity contribution >= 4 is 46.4 Å². The van der Waals surface area contributed by atoms with Gasteiger partial charge in [0, 0.05) is 27.7 Å². The van der Waals surface area contributed by atoms with Gasteiger partial charge in [0.1, 0.15) is 11.2 Å². The van der Waals surface area contributed by atoms with Crippen molar-refractivity contribution in [3.05, 3.63) is 42.5 Å². The van der Waals surface area contributed by atoms with E-state index < -0.39 is 0 Å². The highest BCUT2D eigenvalue weighted by molar-refractivity contribution is 7.93. The van der Waals surface area contributed by atoms with Crippen LogP contribution in [0.2, 0.25) is 0 Å². The summed E-state index contributed by atoms with van der Waals surface area (Å²) in [4.78, 5) is 0.828. The van der Waals surface area contributed by atoms with Crippen LogP contribution in [0.25, 0.3) is 21.9 Å². The van der Waals surface area contributed by atoms with E-state index in [-0.39, 0.29) is 17.9 Å². The summed E-state index contributed by atoms with van der Waals surface area (Å²) >= 11 is 0.754. The van der Waals surface area contributed by atoms with Crippen LogP contribution in [-0.4, -0.2) is 10.0 Å². The van der Waals surface area contributed by atoms with Crippen LogP contribution in [0.5, 0.6) is 0 Å². The number of fused-ring (bicyclic) bond motifs is 3. The Hall–Kier alpha value is -1.20. The third-order valence-corrected chi connectivity index (χ3v) is 2.92. The van der Waals surface area contributed by atoms with Gasteiger partial charge in [0.15, 0.2) is 0 Å². The molecule has 0 aliphatic rings. The second-order valence-electron chi connectivity index (χ2n) is 3.35. The Bertz CT molecular complexity index is 636. The molecule has 3 rings (SSSR count). The van der Waals surface area contributed by atoms with E-state index >= 15 is 0 Å². The summed E-state index contributed by atoms with van der Waals surface area (Å²) < 4.78 is 14.7. The molecule has 0 aliphatic heterocycles. The first-order valence-electron chi connectivity index (χ1n) is 4.61. The number of benzene rings is 2. The smallest absolute Gasteiger partial charge is 0.135 e. The molecule has 0 spiro atoms. The highest BCUT2D eigenvalue weighted by atomic mass is 35.5. The van der Waals surface area contributed by atoms with Crippen molar-refractivity contribution in [3.8, 4) is 0 Å². The summed E-state index contributed by atoms with van der Waals surface area (Å²) in [5.74, 6) is 0. The van der Waals surface area contributed by atoms with Crippen molar-refractivity contribution in [1.29, 1.82) is 0 Å². The zero-order valence-electron chi connectivity index (χ0n) is 8.71. The lowest BCUT2D eigenvalue weighted by Crippen LogP contribution is -1.69. The van der Waals surface area contributed by atoms with E-state index in [9.17, 15) is 0 Å². The van der Waals surface area contributed by atoms with Gasteiger partial charge in [0.25, 0.3) is 0 Å². The lowest BCUT2D eigenvalue weighted by atomic mass is 10.1. The average Bonchev–Trinajstić information content (AvgIpc) is 2.66. The number of para-hydroxylation sites is 1. The maximum absolute atomic E-state index is 8.99. The van der Waals surface area contributed by atoms with Gasteiger partial charge in [-0.2, -0.15) is 0 Å². The van der Waals surface area contributed by atoms with Gasteiger partial charge in [-0.25, -0.2) is 0 Å². The van der Waals surface area contributed by atoms with Gasteiger partial charge in [0.05, 0.1) is 0 Å². The van der Waals surface area contributed by atoms with Gasteiger partial charge in [-0.05, 0) is 24.3 Å². The minimum Gasteiger partial charge on any atom is -0.456 e. The van der Waals surface area contributed by atoms with Crippen LogP contribution in [-0.2, 0) is 0 Å². The van der Waals surface area contributed by atoms with Crippen molar-refractivity contribution in [2.24, 2.45) is 0 Å². The Morgan fingerprint density at radius 1 is 0.941 bits per heavy atom. The van der Waals surface area contributed by atoms with Gasteiger partial charge in [-0.15, -0.1) is 12.4 Å². The quantitative estimate of drug-likeness (QED) is 0.685. The van der Waals surface area contributed by atoms with Crippen molar-refractivity contribution in [2.45, 2.75) is 4.90 Å². The van der Waals surface area contributed by atoms with Crippen LogP contribution in [0, 0.1) is 0 Å². The second-order valence-corrected chi connectivity index (χ2v) is 4.00. The summed E-state index contributed by atoms with van der Waals surface area (Å²) in [5.41, 5.74) is 1.74. The third-order valence-electron chi connectivity index (χ3n) is 2.45. The number of furan rings is 1. The summed E-state index contributed by atoms with van der Waals surface area (Å²) in [5, 5.41) is 2.13. The summed E-state index contributed by atoms with van der Waals surface area (Å²) in [7, 11) is 0. The first-order chi connectivity index (χ1) is 7.38. The molecule has 3 aromatic rings. The van der Waals surface area contributed by atoms with Gasteiger partial charge in [-0.3, -0.25) is 0 Å². The lowest BCUT2D eigenvalue weighted by molar-refractivity contribution is 0.663. The Labute approximate surface area is 108 Å². The fourth-order valence-corrected chi connectivity index (χ4v) is 2.06. The van der Waals surface area contributed by atoms with Crippen molar-refractivity contribution in [2.75, 3.05) is 0 Å². The molecular weight excluding hydrogens is 260 g/mol. The number of halogens is 1. The fraction of sp³-hybridized carbons (Fsp3) is 0. The van der Waals surface area contributed by atoms with Crippen LogP contribution in [0.3, 0.4) is 0 Å². The highest BCUT2D eigenvalue weighted by Crippen LogP contribution is 2.30. The van der Waals surface area contributed by atoms with Crippen LogP contribution in [0.4, 0.5) is 0 Å². The van der Waals surface area contributed by atoms with E-state index in [1.165, 1.54) is 0 Å². The highest BCUT2D eigenvalue weighted by Gasteiger charge is 2.06. The second kappa shape index (κ2) is 5.42. The average molecular weight is 271 g/mol. The van der Waals surface area contributed by atoms with Crippen molar-refractivity contribution in [1.82, 2.24) is 0 Å². The molecule has 0 saturated carbocycles. The topological polar surface area (TPSA) is 64.9 Å². The zero-order valence-corrected chi connectivity index (χ0v) is 10.3. The molecule has 0 fully saturated rings. The van der Waals surface area contributed by atoms with E-state index in [0.29, 0.717) is 0 Å². The normalized spacial score (nSPS) is 9.94. The zero-order chi connectivity index (χ0) is 10.3. The van der Waals surface area contributed by atoms with E-state index in [4.69, 9.17) is 8.97 Å². The number of hydrogen-bond donors (Lipinski definition) is 1. The maximum atomic E-state index is 8.99. The molecule has 0 saturated heterocycles. The Balaban J connectivity index is 0.000000722. The van der Waals surface area contributed by atoms with E-state index in [2.05, 4.69) is 0 Å². The molecule has 5 heteroatoms. The summed E-state index contributed by atoms with van der Waals surface area (Å²) in [6.45, 7) is 0. The van der Waals surface area contributed by atoms with Crippen molar-refractivity contribution < 1.29 is 14.4 Å². The number of hydrogen-bond acceptors (Lipinski definition) is 3. The lowest BCUT2D eigenvalue weighted by Gasteiger charge is -1.93. The summed E-state index contributed by atoms with van der Waals surface area (Å²) in [6, 6.07) is 13.6. The van der Waals surface area contributed by atoms with Gasteiger partial charge in [-0.1, -0.05) is 18.2 Å². The van der Waals surface area contributed by atoms with Gasteiger partial charge < -0.3 is 14.4 Å². The number of rotatable bonds is 1. The fourth-order valence-electron chi connectivity index (χ4n) is 1.76. The third kappa shape index (κ3) is 2.25. The predicted octanol–water partition coefficient (Wildman–Crippen LogP) is 3.75. The van der Waals surface area contributed by atoms with Crippen molar-refractivity contribution in [3.63, 3.8) is 0 Å². The molecule has 17 heavy (non-hydrogen) atoms. The van der Waals surface area contributed by atoms with Crippen LogP contribution in [0.15, 0.2) is 51.8 Å². The molecule has 0 bridgehead atoms. The molecule has 1 aromatic heterocycles. The summed E-state index contributed by atoms with van der Waals surface area (Å²) in [6.07, 6.45) is 0. The molecule has 2 aromatic carbocycles. The monoisotopic (exact) mass is 270 g/mol. The standard InChI is InChI=1S/C12H8O2S.ClH.H2O/c13-15-8-5-6-12-10(7-8)9-3-1-2-4-11(9)14-12;;/h1-7,13H;1H;1H2. The molecule has 1 heterocycles. The first kappa shape index (κ1) is 13.9. The molecule has 0 amide bonds. The molecule has 0 unspecified atom stereocenters.